The van der Waals surface area contributed by atoms with E-state index in [-0.39, 0.29) is 17.1 Å². The number of carboxylic acid groups (broad SMARTS) is 1. The molecule has 2 N–H and O–H groups in total. The Morgan fingerprint density at radius 2 is 1.43 bits per heavy atom. The number of nitrogens with one attached hydrogen (secondary N) is 1. The Labute approximate surface area is 321 Å². The van der Waals surface area contributed by atoms with E-state index in [1.165, 1.54) is 47.6 Å². The van der Waals surface area contributed by atoms with Gasteiger partial charge in [-0.05, 0) is 144 Å². The fourth-order valence-electron chi connectivity index (χ4n) is 7.20. The van der Waals surface area contributed by atoms with E-state index in [9.17, 15) is 27.9 Å². The first-order valence-corrected chi connectivity index (χ1v) is 18.7. The zero-order valence-corrected chi connectivity index (χ0v) is 30.6. The molecule has 0 spiro atoms. The molecule has 2 aliphatic rings. The van der Waals surface area contributed by atoms with Gasteiger partial charge in [0.15, 0.2) is 5.78 Å². The second kappa shape index (κ2) is 15.1. The summed E-state index contributed by atoms with van der Waals surface area (Å²) in [7, 11) is 0. The maximum absolute atomic E-state index is 12.5. The van der Waals surface area contributed by atoms with Crippen LogP contribution in [0.15, 0.2) is 110 Å². The Hall–Kier alpha value is -6.23. The second-order valence-corrected chi connectivity index (χ2v) is 14.7. The van der Waals surface area contributed by atoms with Crippen molar-refractivity contribution >= 4 is 33.6 Å². The summed E-state index contributed by atoms with van der Waals surface area (Å²) in [5, 5.41) is 11.8. The Morgan fingerprint density at radius 3 is 2.07 bits per heavy atom. The lowest BCUT2D eigenvalue weighted by molar-refractivity contribution is -0.274. The number of benzene rings is 3. The highest BCUT2D eigenvalue weighted by atomic mass is 19.4. The first-order chi connectivity index (χ1) is 27.0. The predicted molar refractivity (Wildman–Crippen MR) is 207 cm³/mol. The number of aromatic nitrogens is 4. The Bertz CT molecular complexity index is 2580. The third-order valence-corrected chi connectivity index (χ3v) is 10.4. The lowest BCUT2D eigenvalue weighted by Crippen LogP contribution is -2.17. The zero-order chi connectivity index (χ0) is 39.0. The van der Waals surface area contributed by atoms with Gasteiger partial charge in [-0.25, -0.2) is 4.79 Å². The monoisotopic (exact) mass is 756 g/mol. The summed E-state index contributed by atoms with van der Waals surface area (Å²) in [4.78, 5) is 36.0. The average molecular weight is 757 g/mol. The highest BCUT2D eigenvalue weighted by Crippen LogP contribution is 2.41. The van der Waals surface area contributed by atoms with Crippen LogP contribution >= 0.6 is 0 Å². The molecule has 0 bridgehead atoms. The van der Waals surface area contributed by atoms with Gasteiger partial charge in [-0.1, -0.05) is 24.3 Å². The Morgan fingerprint density at radius 1 is 0.786 bits per heavy atom. The highest BCUT2D eigenvalue weighted by Gasteiger charge is 2.31. The van der Waals surface area contributed by atoms with E-state index < -0.39 is 12.3 Å². The molecular weight excluding hydrogens is 718 g/mol. The summed E-state index contributed by atoms with van der Waals surface area (Å²) in [5.74, 6) is -0.0767. The van der Waals surface area contributed by atoms with Crippen molar-refractivity contribution in [3.05, 3.63) is 160 Å². The number of pyridine rings is 2. The number of hydrogen-bond donors (Lipinski definition) is 2. The van der Waals surface area contributed by atoms with Gasteiger partial charge in [-0.3, -0.25) is 14.8 Å². The molecule has 0 amide bonds. The van der Waals surface area contributed by atoms with Crippen LogP contribution in [0.2, 0.25) is 0 Å². The highest BCUT2D eigenvalue weighted by molar-refractivity contribution is 5.95. The number of rotatable bonds is 11. The minimum absolute atomic E-state index is 0.104. The molecule has 3 aromatic carbocycles. The van der Waals surface area contributed by atoms with Crippen molar-refractivity contribution in [2.75, 3.05) is 0 Å². The lowest BCUT2D eigenvalue weighted by atomic mass is 9.99. The van der Waals surface area contributed by atoms with Gasteiger partial charge in [-0.2, -0.15) is 0 Å². The molecule has 0 radical (unpaired) electrons. The lowest BCUT2D eigenvalue weighted by Gasteiger charge is -2.11. The van der Waals surface area contributed by atoms with Crippen molar-refractivity contribution in [3.63, 3.8) is 0 Å². The average Bonchev–Trinajstić information content (AvgIpc) is 4.10. The third-order valence-electron chi connectivity index (χ3n) is 10.4. The molecule has 2 fully saturated rings. The quantitative estimate of drug-likeness (QED) is 0.127. The summed E-state index contributed by atoms with van der Waals surface area (Å²) in [6.07, 6.45) is 8.51. The summed E-state index contributed by atoms with van der Waals surface area (Å²) in [6, 6.07) is 25.9. The number of fused-ring (bicyclic) bond motifs is 2. The molecule has 0 unspecified atom stereocenters. The standard InChI is InChI=1S/C26H21F3N2O3.C19H18N2O/c27-26(28,29)34-21-3-1-2-17(11-21)15-31-9-8-19-10-16(4-7-24(19)31)12-23-22(25(32)33)13-20(14-30-23)18-5-6-18;1-12(22)17-10-16(14-3-4-14)11-21-19(17)9-13-2-5-18-15(8-13)6-7-20-18/h1-4,7-11,13-14,18H,5-6,12,15H2,(H,32,33);2,5-8,10-11,14,20H,3-4,9H2,1H3. The van der Waals surface area contributed by atoms with E-state index in [4.69, 9.17) is 0 Å². The van der Waals surface area contributed by atoms with Crippen LogP contribution in [0.1, 0.15) is 104 Å². The molecule has 2 aliphatic carbocycles. The van der Waals surface area contributed by atoms with E-state index >= 15 is 0 Å². The molecule has 4 heterocycles. The molecule has 7 aromatic rings. The van der Waals surface area contributed by atoms with Crippen molar-refractivity contribution in [1.82, 2.24) is 19.5 Å². The maximum Gasteiger partial charge on any atom is 0.573 e. The fourth-order valence-corrected chi connectivity index (χ4v) is 7.20. The number of ether oxygens (including phenoxy) is 1. The minimum atomic E-state index is -4.73. The summed E-state index contributed by atoms with van der Waals surface area (Å²) in [6.45, 7) is 2.01. The molecule has 4 aromatic heterocycles. The van der Waals surface area contributed by atoms with Gasteiger partial charge in [-0.15, -0.1) is 13.2 Å². The predicted octanol–water partition coefficient (Wildman–Crippen LogP) is 10.4. The first-order valence-electron chi connectivity index (χ1n) is 18.7. The van der Waals surface area contributed by atoms with E-state index in [0.717, 1.165) is 51.6 Å². The van der Waals surface area contributed by atoms with Gasteiger partial charge in [0.2, 0.25) is 0 Å². The summed E-state index contributed by atoms with van der Waals surface area (Å²) >= 11 is 0. The van der Waals surface area contributed by atoms with Gasteiger partial charge in [0.05, 0.1) is 17.0 Å². The summed E-state index contributed by atoms with van der Waals surface area (Å²) < 4.78 is 43.5. The molecule has 9 rings (SSSR count). The number of ketones is 1. The van der Waals surface area contributed by atoms with Crippen LogP contribution in [-0.4, -0.2) is 42.7 Å². The number of carboxylic acids is 1. The molecule has 8 nitrogen and oxygen atoms in total. The second-order valence-electron chi connectivity index (χ2n) is 14.7. The number of carbonyl (C=O) groups excluding carboxylic acids is 1. The normalized spacial score (nSPS) is 14.1. The molecule has 0 saturated heterocycles. The number of hydrogen-bond acceptors (Lipinski definition) is 5. The van der Waals surface area contributed by atoms with E-state index in [1.54, 1.807) is 25.3 Å². The molecule has 11 heteroatoms. The number of halogens is 3. The molecular formula is C45H39F3N4O4. The van der Waals surface area contributed by atoms with Crippen LogP contribution in [0.4, 0.5) is 13.2 Å². The van der Waals surface area contributed by atoms with Gasteiger partial charge in [0, 0.05) is 60.8 Å². The van der Waals surface area contributed by atoms with Gasteiger partial charge < -0.3 is 19.4 Å². The zero-order valence-electron chi connectivity index (χ0n) is 30.6. The van der Waals surface area contributed by atoms with Crippen molar-refractivity contribution in [2.45, 2.75) is 70.2 Å². The van der Waals surface area contributed by atoms with Crippen LogP contribution in [0.3, 0.4) is 0 Å². The Kier molecular flexibility index (Phi) is 9.92. The summed E-state index contributed by atoms with van der Waals surface area (Å²) in [5.41, 5.74) is 9.46. The Balaban J connectivity index is 0.000000172. The molecule has 56 heavy (non-hydrogen) atoms. The number of Topliss-reactive ketones (excluding diaryl/α,β-unsaturated/α-hetero) is 1. The number of nitrogens with zero attached hydrogens (tertiary/aromatic N) is 3. The van der Waals surface area contributed by atoms with Crippen molar-refractivity contribution in [2.24, 2.45) is 0 Å². The minimum Gasteiger partial charge on any atom is -0.478 e. The van der Waals surface area contributed by atoms with E-state index in [2.05, 4.69) is 50.0 Å². The van der Waals surface area contributed by atoms with Gasteiger partial charge in [0.25, 0.3) is 0 Å². The van der Waals surface area contributed by atoms with Crippen LogP contribution in [0, 0.1) is 0 Å². The SMILES string of the molecule is CC(=O)c1cc(C2CC2)cnc1Cc1ccc2[nH]ccc2c1.O=C(O)c1cc(C2CC2)cnc1Cc1ccc2c(ccn2Cc2cccc(OC(F)(F)F)c2)c1. The van der Waals surface area contributed by atoms with Crippen molar-refractivity contribution < 1.29 is 32.6 Å². The van der Waals surface area contributed by atoms with Crippen molar-refractivity contribution in [1.29, 1.82) is 0 Å². The third kappa shape index (κ3) is 8.67. The van der Waals surface area contributed by atoms with E-state index in [1.807, 2.05) is 47.4 Å². The molecule has 2 saturated carbocycles. The van der Waals surface area contributed by atoms with E-state index in [0.29, 0.717) is 42.5 Å². The number of aromatic amines is 1. The maximum atomic E-state index is 12.5. The van der Waals surface area contributed by atoms with Crippen LogP contribution < -0.4 is 4.74 Å². The topological polar surface area (TPSA) is 110 Å². The molecule has 0 aliphatic heterocycles. The van der Waals surface area contributed by atoms with Crippen LogP contribution in [0.25, 0.3) is 21.8 Å². The van der Waals surface area contributed by atoms with Crippen LogP contribution in [0.5, 0.6) is 5.75 Å². The fraction of sp³-hybridized carbons (Fsp3) is 0.244. The van der Waals surface area contributed by atoms with Gasteiger partial charge in [0.1, 0.15) is 5.75 Å². The molecule has 0 atom stereocenters. The van der Waals surface area contributed by atoms with Gasteiger partial charge >= 0.3 is 12.3 Å². The largest absolute Gasteiger partial charge is 0.573 e. The van der Waals surface area contributed by atoms with Crippen molar-refractivity contribution in [3.8, 4) is 5.75 Å². The first kappa shape index (κ1) is 36.7. The van der Waals surface area contributed by atoms with Crippen LogP contribution in [-0.2, 0) is 19.4 Å². The number of alkyl halides is 3. The number of H-pyrrole nitrogens is 1. The molecule has 284 valence electrons. The smallest absolute Gasteiger partial charge is 0.478 e. The number of carbonyl (C=O) groups is 2. The number of aromatic carboxylic acids is 1.